The highest BCUT2D eigenvalue weighted by atomic mass is 19.1. The summed E-state index contributed by atoms with van der Waals surface area (Å²) < 4.78 is 12.7. The summed E-state index contributed by atoms with van der Waals surface area (Å²) in [6.07, 6.45) is 10.4. The number of likely N-dealkylation sites (N-methyl/N-ethyl adjacent to an activating group) is 1. The molecule has 1 rings (SSSR count). The van der Waals surface area contributed by atoms with Crippen LogP contribution in [0.25, 0.3) is 0 Å². The van der Waals surface area contributed by atoms with Crippen LogP contribution < -0.4 is 5.32 Å². The third-order valence-corrected chi connectivity index (χ3v) is 4.91. The molecule has 0 aliphatic heterocycles. The lowest BCUT2D eigenvalue weighted by atomic mass is 9.88. The van der Waals surface area contributed by atoms with E-state index in [-0.39, 0.29) is 5.54 Å². The monoisotopic (exact) mass is 374 g/mol. The van der Waals surface area contributed by atoms with Gasteiger partial charge in [0.2, 0.25) is 0 Å². The van der Waals surface area contributed by atoms with Gasteiger partial charge in [0.1, 0.15) is 6.67 Å². The third kappa shape index (κ3) is 9.76. The van der Waals surface area contributed by atoms with Crippen molar-refractivity contribution >= 4 is 0 Å². The molecule has 3 heteroatoms. The minimum absolute atomic E-state index is 0.0367. The van der Waals surface area contributed by atoms with Crippen LogP contribution in [0.3, 0.4) is 0 Å². The molecule has 27 heavy (non-hydrogen) atoms. The second-order valence-corrected chi connectivity index (χ2v) is 8.12. The molecule has 1 N–H and O–H groups in total. The van der Waals surface area contributed by atoms with E-state index in [1.807, 2.05) is 6.08 Å². The van der Waals surface area contributed by atoms with Crippen molar-refractivity contribution < 1.29 is 4.39 Å². The summed E-state index contributed by atoms with van der Waals surface area (Å²) in [7, 11) is 4.13. The average molecular weight is 375 g/mol. The molecule has 0 radical (unpaired) electrons. The fourth-order valence-electron chi connectivity index (χ4n) is 3.63. The molecule has 0 saturated carbocycles. The third-order valence-electron chi connectivity index (χ3n) is 4.91. The molecule has 0 aromatic heterocycles. The van der Waals surface area contributed by atoms with E-state index in [1.54, 1.807) is 6.08 Å². The number of aryl methyl sites for hydroxylation is 1. The summed E-state index contributed by atoms with van der Waals surface area (Å²) in [4.78, 5) is 2.15. The topological polar surface area (TPSA) is 15.3 Å². The number of hydrogen-bond acceptors (Lipinski definition) is 2. The molecule has 0 heterocycles. The number of nitrogens with zero attached hydrogens (tertiary/aromatic N) is 1. The van der Waals surface area contributed by atoms with E-state index in [4.69, 9.17) is 0 Å². The number of alkyl halides is 1. The quantitative estimate of drug-likeness (QED) is 0.341. The van der Waals surface area contributed by atoms with Gasteiger partial charge in [0.25, 0.3) is 0 Å². The van der Waals surface area contributed by atoms with Gasteiger partial charge in [0.15, 0.2) is 0 Å². The number of rotatable bonds is 13. The van der Waals surface area contributed by atoms with Gasteiger partial charge >= 0.3 is 0 Å². The lowest BCUT2D eigenvalue weighted by Crippen LogP contribution is -2.42. The molecule has 2 nitrogen and oxygen atoms in total. The Morgan fingerprint density at radius 3 is 2.44 bits per heavy atom. The number of halogens is 1. The molecule has 0 saturated heterocycles. The Morgan fingerprint density at radius 2 is 1.85 bits per heavy atom. The first-order valence-electron chi connectivity index (χ1n) is 10.3. The minimum Gasteiger partial charge on any atom is -0.380 e. The van der Waals surface area contributed by atoms with Gasteiger partial charge in [-0.05, 0) is 70.8 Å². The Kier molecular flexibility index (Phi) is 11.0. The molecule has 1 unspecified atom stereocenters. The summed E-state index contributed by atoms with van der Waals surface area (Å²) in [5.41, 5.74) is 3.77. The Labute approximate surface area is 166 Å². The van der Waals surface area contributed by atoms with Gasteiger partial charge in [0, 0.05) is 17.8 Å². The largest absolute Gasteiger partial charge is 0.380 e. The molecule has 1 aromatic rings. The maximum atomic E-state index is 12.7. The van der Waals surface area contributed by atoms with Crippen molar-refractivity contribution in [2.24, 2.45) is 0 Å². The molecule has 0 bridgehead atoms. The van der Waals surface area contributed by atoms with Crippen LogP contribution in [0.1, 0.15) is 58.4 Å². The standard InChI is InChI=1S/C24H39FN2/c1-6-17-24(3,18-11-10-15-22-13-8-7-9-14-22)26-23(16-12-19-25)21(2)20-27(4)5/h7-9,12-14,16,26H,6,10-11,15,17-20H2,1-5H3/b16-12-,23-21-. The van der Waals surface area contributed by atoms with E-state index < -0.39 is 6.67 Å². The Morgan fingerprint density at radius 1 is 1.15 bits per heavy atom. The second kappa shape index (κ2) is 12.7. The Balaban J connectivity index is 2.74. The lowest BCUT2D eigenvalue weighted by molar-refractivity contribution is 0.321. The molecular formula is C24H39FN2. The maximum Gasteiger partial charge on any atom is 0.108 e. The van der Waals surface area contributed by atoms with Crippen molar-refractivity contribution in [2.75, 3.05) is 27.3 Å². The van der Waals surface area contributed by atoms with Crippen molar-refractivity contribution in [1.29, 1.82) is 0 Å². The van der Waals surface area contributed by atoms with Crippen molar-refractivity contribution in [3.63, 3.8) is 0 Å². The molecule has 1 aromatic carbocycles. The van der Waals surface area contributed by atoms with Crippen LogP contribution in [0.4, 0.5) is 4.39 Å². The zero-order chi connectivity index (χ0) is 20.1. The van der Waals surface area contributed by atoms with E-state index in [0.717, 1.165) is 37.9 Å². The van der Waals surface area contributed by atoms with Crippen LogP contribution in [0, 0.1) is 0 Å². The predicted molar refractivity (Wildman–Crippen MR) is 117 cm³/mol. The zero-order valence-electron chi connectivity index (χ0n) is 18.0. The molecule has 1 atom stereocenters. The molecule has 0 fully saturated rings. The van der Waals surface area contributed by atoms with Gasteiger partial charge in [0.05, 0.1) is 0 Å². The predicted octanol–water partition coefficient (Wildman–Crippen LogP) is 5.91. The Hall–Kier alpha value is -1.61. The number of nitrogens with one attached hydrogen (secondary N) is 1. The van der Waals surface area contributed by atoms with Gasteiger partial charge < -0.3 is 10.2 Å². The summed E-state index contributed by atoms with van der Waals surface area (Å²) in [6, 6.07) is 10.7. The molecular weight excluding hydrogens is 335 g/mol. The van der Waals surface area contributed by atoms with E-state index in [9.17, 15) is 4.39 Å². The number of allylic oxidation sites excluding steroid dienone is 2. The van der Waals surface area contributed by atoms with Crippen molar-refractivity contribution in [3.05, 3.63) is 59.3 Å². The first-order valence-corrected chi connectivity index (χ1v) is 10.3. The number of unbranched alkanes of at least 4 members (excludes halogenated alkanes) is 1. The molecule has 152 valence electrons. The molecule has 0 aliphatic carbocycles. The smallest absolute Gasteiger partial charge is 0.108 e. The van der Waals surface area contributed by atoms with Gasteiger partial charge in [-0.2, -0.15) is 0 Å². The van der Waals surface area contributed by atoms with Crippen molar-refractivity contribution in [2.45, 2.75) is 64.8 Å². The SMILES string of the molecule is CCCC(C)(CCCCc1ccccc1)NC(/C=C\CF)=C(/C)CN(C)C. The van der Waals surface area contributed by atoms with Crippen LogP contribution >= 0.6 is 0 Å². The maximum absolute atomic E-state index is 12.7. The van der Waals surface area contributed by atoms with Crippen LogP contribution in [0.15, 0.2) is 53.8 Å². The van der Waals surface area contributed by atoms with Crippen LogP contribution in [-0.4, -0.2) is 37.8 Å². The van der Waals surface area contributed by atoms with E-state index in [2.05, 4.69) is 75.4 Å². The summed E-state index contributed by atoms with van der Waals surface area (Å²) in [5, 5.41) is 3.77. The lowest BCUT2D eigenvalue weighted by Gasteiger charge is -2.34. The Bertz CT molecular complexity index is 577. The van der Waals surface area contributed by atoms with Gasteiger partial charge in [-0.1, -0.05) is 56.2 Å². The van der Waals surface area contributed by atoms with Crippen molar-refractivity contribution in [3.8, 4) is 0 Å². The van der Waals surface area contributed by atoms with Crippen molar-refractivity contribution in [1.82, 2.24) is 10.2 Å². The summed E-state index contributed by atoms with van der Waals surface area (Å²) in [6.45, 7) is 7.12. The normalized spacial score (nSPS) is 15.1. The number of benzene rings is 1. The second-order valence-electron chi connectivity index (χ2n) is 8.12. The molecule has 0 aliphatic rings. The van der Waals surface area contributed by atoms with E-state index in [0.29, 0.717) is 0 Å². The van der Waals surface area contributed by atoms with E-state index >= 15 is 0 Å². The van der Waals surface area contributed by atoms with Crippen LogP contribution in [-0.2, 0) is 6.42 Å². The summed E-state index contributed by atoms with van der Waals surface area (Å²) >= 11 is 0. The highest BCUT2D eigenvalue weighted by Crippen LogP contribution is 2.24. The minimum atomic E-state index is -0.429. The van der Waals surface area contributed by atoms with E-state index in [1.165, 1.54) is 24.0 Å². The molecule has 0 spiro atoms. The summed E-state index contributed by atoms with van der Waals surface area (Å²) in [5.74, 6) is 0. The number of hydrogen-bond donors (Lipinski definition) is 1. The van der Waals surface area contributed by atoms with Crippen LogP contribution in [0.5, 0.6) is 0 Å². The molecule has 0 amide bonds. The average Bonchev–Trinajstić information content (AvgIpc) is 2.63. The van der Waals surface area contributed by atoms with Gasteiger partial charge in [-0.15, -0.1) is 0 Å². The first kappa shape index (κ1) is 23.4. The zero-order valence-corrected chi connectivity index (χ0v) is 18.0. The first-order chi connectivity index (χ1) is 12.9. The fourth-order valence-corrected chi connectivity index (χ4v) is 3.63. The van der Waals surface area contributed by atoms with Crippen LogP contribution in [0.2, 0.25) is 0 Å². The highest BCUT2D eigenvalue weighted by Gasteiger charge is 2.23. The van der Waals surface area contributed by atoms with Gasteiger partial charge in [-0.25, -0.2) is 4.39 Å². The fraction of sp³-hybridized carbons (Fsp3) is 0.583. The highest BCUT2D eigenvalue weighted by molar-refractivity contribution is 5.26. The van der Waals surface area contributed by atoms with Gasteiger partial charge in [-0.3, -0.25) is 0 Å².